The highest BCUT2D eigenvalue weighted by atomic mass is 32.1. The first kappa shape index (κ1) is 16.2. The van der Waals surface area contributed by atoms with Crippen molar-refractivity contribution < 1.29 is 19.1 Å². The molecule has 0 aromatic carbocycles. The molecule has 0 aliphatic heterocycles. The van der Waals surface area contributed by atoms with Crippen LogP contribution in [0.2, 0.25) is 0 Å². The van der Waals surface area contributed by atoms with Crippen molar-refractivity contribution in [3.8, 4) is 0 Å². The van der Waals surface area contributed by atoms with Crippen LogP contribution in [-0.2, 0) is 25.5 Å². The Balaban J connectivity index is 2.16. The smallest absolute Gasteiger partial charge is 0.310 e. The van der Waals surface area contributed by atoms with Gasteiger partial charge in [-0.25, -0.2) is 0 Å². The minimum atomic E-state index is -0.498. The third-order valence-corrected chi connectivity index (χ3v) is 2.92. The first-order valence-electron chi connectivity index (χ1n) is 6.20. The lowest BCUT2D eigenvalue weighted by molar-refractivity contribution is -0.147. The second-order valence-electron chi connectivity index (χ2n) is 4.47. The fraction of sp³-hybridized carbons (Fsp3) is 0.462. The number of thiophene rings is 1. The Morgan fingerprint density at radius 2 is 2.05 bits per heavy atom. The fourth-order valence-corrected chi connectivity index (χ4v) is 2.03. The minimum Gasteiger partial charge on any atom is -0.455 e. The van der Waals surface area contributed by atoms with Gasteiger partial charge in [-0.15, -0.1) is 0 Å². The Morgan fingerprint density at radius 1 is 1.30 bits per heavy atom. The lowest BCUT2D eigenvalue weighted by atomic mass is 10.2. The predicted molar refractivity (Wildman–Crippen MR) is 75.3 cm³/mol. The number of nitrogens with one attached hydrogen (secondary N) is 2. The number of ether oxygens (including phenoxy) is 1. The number of hydrogen-bond donors (Lipinski definition) is 2. The molecule has 0 atom stereocenters. The summed E-state index contributed by atoms with van der Waals surface area (Å²) >= 11 is 1.49. The predicted octanol–water partition coefficient (Wildman–Crippen LogP) is 0.475. The molecule has 1 aromatic rings. The molecule has 0 unspecified atom stereocenters. The van der Waals surface area contributed by atoms with Gasteiger partial charge in [0.25, 0.3) is 5.91 Å². The van der Waals surface area contributed by atoms with E-state index in [0.717, 1.165) is 5.56 Å². The minimum absolute atomic E-state index is 0.0165. The van der Waals surface area contributed by atoms with E-state index in [-0.39, 0.29) is 31.5 Å². The third kappa shape index (κ3) is 6.89. The molecule has 0 saturated carbocycles. The Labute approximate surface area is 121 Å². The molecule has 0 spiro atoms. The summed E-state index contributed by atoms with van der Waals surface area (Å²) in [7, 11) is 0. The average Bonchev–Trinajstić information content (AvgIpc) is 2.86. The van der Waals surface area contributed by atoms with Crippen LogP contribution in [0, 0.1) is 0 Å². The average molecular weight is 298 g/mol. The highest BCUT2D eigenvalue weighted by Crippen LogP contribution is 2.06. The molecule has 1 heterocycles. The number of hydrogen-bond acceptors (Lipinski definition) is 5. The maximum absolute atomic E-state index is 11.4. The van der Waals surface area contributed by atoms with Gasteiger partial charge in [-0.2, -0.15) is 11.3 Å². The van der Waals surface area contributed by atoms with Gasteiger partial charge in [0.15, 0.2) is 6.61 Å². The Kier molecular flexibility index (Phi) is 6.72. The third-order valence-electron chi connectivity index (χ3n) is 2.19. The van der Waals surface area contributed by atoms with Crippen LogP contribution in [0.1, 0.15) is 19.4 Å². The van der Waals surface area contributed by atoms with E-state index in [9.17, 15) is 14.4 Å². The van der Waals surface area contributed by atoms with Crippen LogP contribution < -0.4 is 10.6 Å². The van der Waals surface area contributed by atoms with E-state index < -0.39 is 11.9 Å². The topological polar surface area (TPSA) is 84.5 Å². The van der Waals surface area contributed by atoms with Crippen LogP contribution >= 0.6 is 11.3 Å². The highest BCUT2D eigenvalue weighted by molar-refractivity contribution is 7.07. The van der Waals surface area contributed by atoms with E-state index in [1.165, 1.54) is 11.3 Å². The summed E-state index contributed by atoms with van der Waals surface area (Å²) < 4.78 is 4.81. The molecule has 1 aromatic heterocycles. The van der Waals surface area contributed by atoms with Crippen LogP contribution in [-0.4, -0.2) is 37.0 Å². The molecule has 2 amide bonds. The quantitative estimate of drug-likeness (QED) is 0.717. The van der Waals surface area contributed by atoms with Crippen molar-refractivity contribution in [3.05, 3.63) is 22.4 Å². The summed E-state index contributed by atoms with van der Waals surface area (Å²) in [6.45, 7) is 3.15. The SMILES string of the molecule is CC(C)NC(=O)CNC(=O)COC(=O)Cc1ccsc1. The summed E-state index contributed by atoms with van der Waals surface area (Å²) in [4.78, 5) is 34.1. The molecule has 110 valence electrons. The standard InChI is InChI=1S/C13H18N2O4S/c1-9(2)15-11(16)6-14-12(17)7-19-13(18)5-10-3-4-20-8-10/h3-4,8-9H,5-7H2,1-2H3,(H,14,17)(H,15,16). The summed E-state index contributed by atoms with van der Waals surface area (Å²) in [5.41, 5.74) is 0.858. The van der Waals surface area contributed by atoms with Gasteiger partial charge in [0, 0.05) is 6.04 Å². The maximum atomic E-state index is 11.4. The highest BCUT2D eigenvalue weighted by Gasteiger charge is 2.10. The van der Waals surface area contributed by atoms with Gasteiger partial charge in [0.2, 0.25) is 5.91 Å². The van der Waals surface area contributed by atoms with Crippen LogP contribution in [0.3, 0.4) is 0 Å². The first-order chi connectivity index (χ1) is 9.47. The zero-order chi connectivity index (χ0) is 15.0. The number of rotatable bonds is 7. The molecular weight excluding hydrogens is 280 g/mol. The molecule has 0 aliphatic rings. The Morgan fingerprint density at radius 3 is 2.65 bits per heavy atom. The molecule has 7 heteroatoms. The molecule has 1 rings (SSSR count). The molecule has 0 fully saturated rings. The van der Waals surface area contributed by atoms with E-state index in [1.807, 2.05) is 30.7 Å². The van der Waals surface area contributed by atoms with Crippen LogP contribution in [0.5, 0.6) is 0 Å². The summed E-state index contributed by atoms with van der Waals surface area (Å²) in [5.74, 6) is -1.24. The van der Waals surface area contributed by atoms with Gasteiger partial charge in [-0.1, -0.05) is 0 Å². The zero-order valence-corrected chi connectivity index (χ0v) is 12.3. The zero-order valence-electron chi connectivity index (χ0n) is 11.5. The normalized spacial score (nSPS) is 10.2. The lowest BCUT2D eigenvalue weighted by Crippen LogP contribution is -2.41. The van der Waals surface area contributed by atoms with Crippen molar-refractivity contribution in [1.82, 2.24) is 10.6 Å². The molecule has 20 heavy (non-hydrogen) atoms. The van der Waals surface area contributed by atoms with E-state index in [4.69, 9.17) is 4.74 Å². The van der Waals surface area contributed by atoms with Crippen molar-refractivity contribution in [2.75, 3.05) is 13.2 Å². The maximum Gasteiger partial charge on any atom is 0.310 e. The van der Waals surface area contributed by atoms with Crippen LogP contribution in [0.4, 0.5) is 0 Å². The van der Waals surface area contributed by atoms with Gasteiger partial charge in [0.05, 0.1) is 13.0 Å². The molecule has 0 saturated heterocycles. The van der Waals surface area contributed by atoms with Crippen molar-refractivity contribution in [2.24, 2.45) is 0 Å². The van der Waals surface area contributed by atoms with Crippen LogP contribution in [0.25, 0.3) is 0 Å². The van der Waals surface area contributed by atoms with Crippen LogP contribution in [0.15, 0.2) is 16.8 Å². The van der Waals surface area contributed by atoms with Gasteiger partial charge >= 0.3 is 5.97 Å². The molecule has 6 nitrogen and oxygen atoms in total. The Hall–Kier alpha value is -1.89. The number of carbonyl (C=O) groups excluding carboxylic acids is 3. The summed E-state index contributed by atoms with van der Waals surface area (Å²) in [6.07, 6.45) is 0.143. The largest absolute Gasteiger partial charge is 0.455 e. The molecular formula is C13H18N2O4S. The molecule has 0 aliphatic carbocycles. The van der Waals surface area contributed by atoms with Crippen molar-refractivity contribution in [3.63, 3.8) is 0 Å². The summed E-state index contributed by atoms with van der Waals surface area (Å²) in [6, 6.07) is 1.84. The fourth-order valence-electron chi connectivity index (χ4n) is 1.36. The monoisotopic (exact) mass is 298 g/mol. The second-order valence-corrected chi connectivity index (χ2v) is 5.25. The van der Waals surface area contributed by atoms with E-state index in [1.54, 1.807) is 0 Å². The first-order valence-corrected chi connectivity index (χ1v) is 7.14. The molecule has 0 bridgehead atoms. The second kappa shape index (κ2) is 8.31. The lowest BCUT2D eigenvalue weighted by Gasteiger charge is -2.09. The van der Waals surface area contributed by atoms with Gasteiger partial charge in [0.1, 0.15) is 0 Å². The molecule has 2 N–H and O–H groups in total. The van der Waals surface area contributed by atoms with E-state index in [2.05, 4.69) is 10.6 Å². The molecule has 0 radical (unpaired) electrons. The number of carbonyl (C=O) groups is 3. The number of esters is 1. The Bertz CT molecular complexity index is 457. The summed E-state index contributed by atoms with van der Waals surface area (Å²) in [5, 5.41) is 8.72. The van der Waals surface area contributed by atoms with Crippen molar-refractivity contribution >= 4 is 29.1 Å². The van der Waals surface area contributed by atoms with Gasteiger partial charge in [-0.3, -0.25) is 14.4 Å². The van der Waals surface area contributed by atoms with E-state index in [0.29, 0.717) is 0 Å². The number of amides is 2. The van der Waals surface area contributed by atoms with Gasteiger partial charge < -0.3 is 15.4 Å². The van der Waals surface area contributed by atoms with Gasteiger partial charge in [-0.05, 0) is 36.2 Å². The van der Waals surface area contributed by atoms with E-state index >= 15 is 0 Å². The van der Waals surface area contributed by atoms with Crippen molar-refractivity contribution in [1.29, 1.82) is 0 Å². The van der Waals surface area contributed by atoms with Crippen molar-refractivity contribution in [2.45, 2.75) is 26.3 Å².